The van der Waals surface area contributed by atoms with Crippen LogP contribution in [0.4, 0.5) is 13.2 Å². The van der Waals surface area contributed by atoms with Crippen LogP contribution in [-0.2, 0) is 6.18 Å². The van der Waals surface area contributed by atoms with Gasteiger partial charge in [0.05, 0.1) is 10.6 Å². The number of nitrogens with zero attached hydrogens (tertiary/aromatic N) is 3. The van der Waals surface area contributed by atoms with Crippen molar-refractivity contribution in [3.8, 4) is 11.1 Å². The maximum absolute atomic E-state index is 13.5. The van der Waals surface area contributed by atoms with Crippen molar-refractivity contribution < 1.29 is 22.8 Å². The fourth-order valence-electron chi connectivity index (χ4n) is 5.59. The average molecular weight is 556 g/mol. The predicted octanol–water partition coefficient (Wildman–Crippen LogP) is 7.11. The standard InChI is InChI=1S/C30H32F3N3O2S/c1-29(2)14-5-15-36(19-29)28(38)25-18-39-26(34-25)21-12-16-35(17-13-21)27(37)24-7-4-3-6-23(24)20-8-10-22(11-9-20)30(31,32)33/h3-4,6-11,18,21H,5,12-17,19H2,1-2H3. The van der Waals surface area contributed by atoms with Gasteiger partial charge in [0.2, 0.25) is 0 Å². The molecule has 2 fully saturated rings. The molecule has 2 aliphatic rings. The van der Waals surface area contributed by atoms with Gasteiger partial charge in [-0.25, -0.2) is 4.98 Å². The van der Waals surface area contributed by atoms with Crippen molar-refractivity contribution in [2.24, 2.45) is 5.41 Å². The van der Waals surface area contributed by atoms with E-state index in [1.807, 2.05) is 10.3 Å². The van der Waals surface area contributed by atoms with E-state index in [1.54, 1.807) is 29.2 Å². The van der Waals surface area contributed by atoms with E-state index in [0.29, 0.717) is 35.5 Å². The van der Waals surface area contributed by atoms with E-state index in [4.69, 9.17) is 4.98 Å². The molecule has 39 heavy (non-hydrogen) atoms. The molecule has 3 heterocycles. The maximum atomic E-state index is 13.5. The first-order valence-electron chi connectivity index (χ1n) is 13.3. The number of amides is 2. The summed E-state index contributed by atoms with van der Waals surface area (Å²) in [4.78, 5) is 34.9. The van der Waals surface area contributed by atoms with Crippen LogP contribution < -0.4 is 0 Å². The van der Waals surface area contributed by atoms with Gasteiger partial charge in [-0.05, 0) is 60.4 Å². The quantitative estimate of drug-likeness (QED) is 0.345. The van der Waals surface area contributed by atoms with E-state index in [9.17, 15) is 22.8 Å². The molecule has 2 amide bonds. The van der Waals surface area contributed by atoms with E-state index in [0.717, 1.165) is 55.9 Å². The summed E-state index contributed by atoms with van der Waals surface area (Å²) in [6.07, 6.45) is -0.804. The van der Waals surface area contributed by atoms with Gasteiger partial charge in [-0.2, -0.15) is 13.2 Å². The number of halogens is 3. The van der Waals surface area contributed by atoms with Crippen molar-refractivity contribution in [2.75, 3.05) is 26.2 Å². The van der Waals surface area contributed by atoms with Crippen LogP contribution in [0.15, 0.2) is 53.9 Å². The summed E-state index contributed by atoms with van der Waals surface area (Å²) >= 11 is 1.51. The molecule has 0 aliphatic carbocycles. The summed E-state index contributed by atoms with van der Waals surface area (Å²) in [6, 6.07) is 11.9. The number of carbonyl (C=O) groups is 2. The molecule has 2 saturated heterocycles. The fourth-order valence-corrected chi connectivity index (χ4v) is 6.56. The topological polar surface area (TPSA) is 53.5 Å². The highest BCUT2D eigenvalue weighted by Crippen LogP contribution is 2.35. The molecule has 0 N–H and O–H groups in total. The lowest BCUT2D eigenvalue weighted by Gasteiger charge is -2.37. The van der Waals surface area contributed by atoms with Gasteiger partial charge in [-0.1, -0.05) is 44.2 Å². The summed E-state index contributed by atoms with van der Waals surface area (Å²) in [6.45, 7) is 6.99. The second-order valence-electron chi connectivity index (χ2n) is 11.3. The van der Waals surface area contributed by atoms with E-state index in [-0.39, 0.29) is 23.1 Å². The van der Waals surface area contributed by atoms with Crippen molar-refractivity contribution in [1.82, 2.24) is 14.8 Å². The molecule has 206 valence electrons. The van der Waals surface area contributed by atoms with Gasteiger partial charge >= 0.3 is 6.18 Å². The highest BCUT2D eigenvalue weighted by molar-refractivity contribution is 7.09. The molecule has 3 aromatic rings. The minimum Gasteiger partial charge on any atom is -0.339 e. The Bertz CT molecular complexity index is 1340. The summed E-state index contributed by atoms with van der Waals surface area (Å²) in [7, 11) is 0. The van der Waals surface area contributed by atoms with Crippen molar-refractivity contribution in [3.05, 3.63) is 75.7 Å². The van der Waals surface area contributed by atoms with Crippen LogP contribution in [-0.4, -0.2) is 52.8 Å². The molecular weight excluding hydrogens is 523 g/mol. The number of benzene rings is 2. The third-order valence-electron chi connectivity index (χ3n) is 7.74. The minimum atomic E-state index is -4.41. The predicted molar refractivity (Wildman–Crippen MR) is 146 cm³/mol. The largest absolute Gasteiger partial charge is 0.416 e. The van der Waals surface area contributed by atoms with E-state index >= 15 is 0 Å². The molecule has 9 heteroatoms. The summed E-state index contributed by atoms with van der Waals surface area (Å²) in [5.41, 5.74) is 1.57. The zero-order valence-corrected chi connectivity index (χ0v) is 22.9. The number of piperidine rings is 2. The molecular formula is C30H32F3N3O2S. The number of thiazole rings is 1. The molecule has 2 aromatic carbocycles. The molecule has 0 unspecified atom stereocenters. The molecule has 2 aliphatic heterocycles. The lowest BCUT2D eigenvalue weighted by atomic mass is 9.84. The first-order chi connectivity index (χ1) is 18.5. The number of hydrogen-bond acceptors (Lipinski definition) is 4. The highest BCUT2D eigenvalue weighted by Gasteiger charge is 2.33. The molecule has 0 radical (unpaired) electrons. The van der Waals surface area contributed by atoms with Gasteiger partial charge in [0.25, 0.3) is 11.8 Å². The smallest absolute Gasteiger partial charge is 0.339 e. The van der Waals surface area contributed by atoms with Gasteiger partial charge in [-0.3, -0.25) is 9.59 Å². The number of alkyl halides is 3. The Hall–Kier alpha value is -3.20. The Morgan fingerprint density at radius 2 is 1.64 bits per heavy atom. The van der Waals surface area contributed by atoms with Gasteiger partial charge < -0.3 is 9.80 Å². The molecule has 0 atom stereocenters. The first kappa shape index (κ1) is 27.4. The SMILES string of the molecule is CC1(C)CCCN(C(=O)c2csc(C3CCN(C(=O)c4ccccc4-c4ccc(C(F)(F)F)cc4)CC3)n2)C1. The lowest BCUT2D eigenvalue weighted by molar-refractivity contribution is -0.137. The van der Waals surface area contributed by atoms with E-state index in [1.165, 1.54) is 23.5 Å². The number of hydrogen-bond donors (Lipinski definition) is 0. The molecule has 0 saturated carbocycles. The Balaban J connectivity index is 1.24. The van der Waals surface area contributed by atoms with Crippen molar-refractivity contribution in [2.45, 2.75) is 51.6 Å². The van der Waals surface area contributed by atoms with Crippen LogP contribution in [0, 0.1) is 5.41 Å². The highest BCUT2D eigenvalue weighted by atomic mass is 32.1. The third kappa shape index (κ3) is 6.03. The maximum Gasteiger partial charge on any atom is 0.416 e. The fraction of sp³-hybridized carbons (Fsp3) is 0.433. The summed E-state index contributed by atoms with van der Waals surface area (Å²) < 4.78 is 39.0. The average Bonchev–Trinajstić information content (AvgIpc) is 3.42. The molecule has 5 nitrogen and oxygen atoms in total. The zero-order valence-electron chi connectivity index (χ0n) is 22.1. The zero-order chi connectivity index (χ0) is 27.8. The Morgan fingerprint density at radius 1 is 0.949 bits per heavy atom. The Labute approximate surface area is 230 Å². The van der Waals surface area contributed by atoms with Crippen LogP contribution in [0.1, 0.15) is 76.9 Å². The summed E-state index contributed by atoms with van der Waals surface area (Å²) in [5, 5.41) is 2.80. The van der Waals surface area contributed by atoms with Crippen LogP contribution in [0.2, 0.25) is 0 Å². The third-order valence-corrected chi connectivity index (χ3v) is 8.75. The van der Waals surface area contributed by atoms with Crippen LogP contribution >= 0.6 is 11.3 Å². The molecule has 0 bridgehead atoms. The van der Waals surface area contributed by atoms with Crippen molar-refractivity contribution in [3.63, 3.8) is 0 Å². The number of aromatic nitrogens is 1. The Morgan fingerprint density at radius 3 is 2.31 bits per heavy atom. The normalized spacial score (nSPS) is 18.3. The lowest BCUT2D eigenvalue weighted by Crippen LogP contribution is -2.43. The van der Waals surface area contributed by atoms with E-state index in [2.05, 4.69) is 13.8 Å². The monoisotopic (exact) mass is 555 g/mol. The Kier molecular flexibility index (Phi) is 7.55. The van der Waals surface area contributed by atoms with E-state index < -0.39 is 11.7 Å². The molecule has 1 aromatic heterocycles. The van der Waals surface area contributed by atoms with Crippen LogP contribution in [0.25, 0.3) is 11.1 Å². The minimum absolute atomic E-state index is 0.00207. The van der Waals surface area contributed by atoms with Crippen molar-refractivity contribution >= 4 is 23.2 Å². The number of carbonyl (C=O) groups excluding carboxylic acids is 2. The number of likely N-dealkylation sites (tertiary alicyclic amines) is 2. The van der Waals surface area contributed by atoms with Gasteiger partial charge in [0, 0.05) is 43.0 Å². The van der Waals surface area contributed by atoms with Crippen LogP contribution in [0.3, 0.4) is 0 Å². The van der Waals surface area contributed by atoms with Gasteiger partial charge in [0.15, 0.2) is 0 Å². The second kappa shape index (κ2) is 10.8. The number of rotatable bonds is 4. The van der Waals surface area contributed by atoms with Crippen LogP contribution in [0.5, 0.6) is 0 Å². The molecule has 5 rings (SSSR count). The summed E-state index contributed by atoms with van der Waals surface area (Å²) in [5.74, 6) is 0.0491. The molecule has 0 spiro atoms. The van der Waals surface area contributed by atoms with Gasteiger partial charge in [0.1, 0.15) is 5.69 Å². The first-order valence-corrected chi connectivity index (χ1v) is 14.2. The van der Waals surface area contributed by atoms with Gasteiger partial charge in [-0.15, -0.1) is 11.3 Å². The second-order valence-corrected chi connectivity index (χ2v) is 12.1. The van der Waals surface area contributed by atoms with Crippen molar-refractivity contribution in [1.29, 1.82) is 0 Å².